The highest BCUT2D eigenvalue weighted by molar-refractivity contribution is 6.33. The molecule has 2 nitrogen and oxygen atoms in total. The second kappa shape index (κ2) is 2.96. The molecule has 0 aliphatic carbocycles. The average Bonchev–Trinajstić information content (AvgIpc) is 2.06. The molecule has 0 amide bonds. The van der Waals surface area contributed by atoms with Gasteiger partial charge in [0.25, 0.3) is 0 Å². The molecule has 0 bridgehead atoms. The monoisotopic (exact) mass is 192 g/mol. The van der Waals surface area contributed by atoms with Gasteiger partial charge in [0.2, 0.25) is 0 Å². The molecule has 0 saturated carbocycles. The number of rotatable bonds is 0. The van der Waals surface area contributed by atoms with Gasteiger partial charge >= 0.3 is 0 Å². The van der Waals surface area contributed by atoms with Crippen LogP contribution in [0.3, 0.4) is 0 Å². The van der Waals surface area contributed by atoms with E-state index in [-0.39, 0.29) is 10.7 Å². The average molecular weight is 192 g/mol. The summed E-state index contributed by atoms with van der Waals surface area (Å²) in [5.74, 6) is -0.509. The van der Waals surface area contributed by atoms with Crippen LogP contribution in [0.5, 0.6) is 0 Å². The predicted molar refractivity (Wildman–Crippen MR) is 49.9 cm³/mol. The quantitative estimate of drug-likeness (QED) is 0.587. The summed E-state index contributed by atoms with van der Waals surface area (Å²) in [5, 5.41) is 0.163. The van der Waals surface area contributed by atoms with Crippen LogP contribution in [0.25, 0.3) is 11.0 Å². The van der Waals surface area contributed by atoms with E-state index in [2.05, 4.69) is 9.97 Å². The maximum Gasteiger partial charge on any atom is 0.150 e. The van der Waals surface area contributed by atoms with Gasteiger partial charge in [-0.2, -0.15) is 0 Å². The molecule has 0 N–H and O–H groups in total. The Hall–Kier alpha value is -1.16. The van der Waals surface area contributed by atoms with Gasteiger partial charge in [-0.1, -0.05) is 17.1 Å². The summed E-state index contributed by atoms with van der Waals surface area (Å²) in [6.07, 6.45) is 1.35. The third-order valence-electron chi connectivity index (χ3n) is 1.59. The van der Waals surface area contributed by atoms with Crippen LogP contribution < -0.4 is 5.46 Å². The van der Waals surface area contributed by atoms with Crippen LogP contribution in [0, 0.1) is 5.82 Å². The Kier molecular flexibility index (Phi) is 1.92. The molecule has 13 heavy (non-hydrogen) atoms. The summed E-state index contributed by atoms with van der Waals surface area (Å²) >= 11 is 5.56. The molecule has 0 aliphatic heterocycles. The molecular weight excluding hydrogens is 189 g/mol. The van der Waals surface area contributed by atoms with Crippen molar-refractivity contribution in [3.8, 4) is 0 Å². The van der Waals surface area contributed by atoms with E-state index in [1.807, 2.05) is 0 Å². The fourth-order valence-electron chi connectivity index (χ4n) is 1.07. The third-order valence-corrected chi connectivity index (χ3v) is 1.78. The lowest BCUT2D eigenvalue weighted by molar-refractivity contribution is 0.637. The molecule has 0 saturated heterocycles. The summed E-state index contributed by atoms with van der Waals surface area (Å²) in [7, 11) is 5.42. The Morgan fingerprint density at radius 2 is 2.15 bits per heavy atom. The molecule has 0 spiro atoms. The SMILES string of the molecule is [B]c1cc(F)c2nc(Cl)cnc2c1. The minimum Gasteiger partial charge on any atom is -0.251 e. The molecule has 1 aromatic carbocycles. The van der Waals surface area contributed by atoms with Gasteiger partial charge in [0.15, 0.2) is 5.82 Å². The first kappa shape index (κ1) is 8.44. The molecule has 2 radical (unpaired) electrons. The van der Waals surface area contributed by atoms with Crippen molar-refractivity contribution in [3.63, 3.8) is 0 Å². The Morgan fingerprint density at radius 1 is 1.38 bits per heavy atom. The third kappa shape index (κ3) is 1.49. The Morgan fingerprint density at radius 3 is 2.92 bits per heavy atom. The van der Waals surface area contributed by atoms with Crippen LogP contribution >= 0.6 is 11.6 Å². The van der Waals surface area contributed by atoms with Gasteiger partial charge in [0, 0.05) is 0 Å². The van der Waals surface area contributed by atoms with E-state index in [4.69, 9.17) is 19.4 Å². The number of hydrogen-bond acceptors (Lipinski definition) is 2. The van der Waals surface area contributed by atoms with Gasteiger partial charge in [0.05, 0.1) is 11.7 Å². The van der Waals surface area contributed by atoms with E-state index in [0.717, 1.165) is 0 Å². The fourth-order valence-corrected chi connectivity index (χ4v) is 1.21. The molecule has 0 atom stereocenters. The lowest BCUT2D eigenvalue weighted by atomic mass is 9.96. The summed E-state index contributed by atoms with van der Waals surface area (Å²) in [5.41, 5.74) is 0.866. The Labute approximate surface area is 80.2 Å². The zero-order chi connectivity index (χ0) is 9.42. The van der Waals surface area contributed by atoms with Crippen molar-refractivity contribution in [2.24, 2.45) is 0 Å². The van der Waals surface area contributed by atoms with E-state index in [1.165, 1.54) is 12.3 Å². The van der Waals surface area contributed by atoms with Gasteiger partial charge in [-0.25, -0.2) is 9.37 Å². The second-order valence-corrected chi connectivity index (χ2v) is 2.95. The smallest absolute Gasteiger partial charge is 0.150 e. The second-order valence-electron chi connectivity index (χ2n) is 2.56. The zero-order valence-electron chi connectivity index (χ0n) is 6.46. The minimum atomic E-state index is -0.509. The van der Waals surface area contributed by atoms with Gasteiger partial charge in [-0.3, -0.25) is 4.98 Å². The van der Waals surface area contributed by atoms with Crippen LogP contribution in [-0.2, 0) is 0 Å². The predicted octanol–water partition coefficient (Wildman–Crippen LogP) is 1.22. The lowest BCUT2D eigenvalue weighted by Gasteiger charge is -1.99. The number of fused-ring (bicyclic) bond motifs is 1. The van der Waals surface area contributed by atoms with Gasteiger partial charge in [-0.05, 0) is 12.1 Å². The van der Waals surface area contributed by atoms with Crippen LogP contribution in [0.4, 0.5) is 4.39 Å². The first-order valence-corrected chi connectivity index (χ1v) is 3.92. The minimum absolute atomic E-state index is 0.140. The highest BCUT2D eigenvalue weighted by atomic mass is 35.5. The topological polar surface area (TPSA) is 25.8 Å². The van der Waals surface area contributed by atoms with Crippen LogP contribution in [0.2, 0.25) is 5.15 Å². The van der Waals surface area contributed by atoms with Crippen LogP contribution in [0.15, 0.2) is 18.3 Å². The van der Waals surface area contributed by atoms with Crippen molar-refractivity contribution in [1.29, 1.82) is 0 Å². The highest BCUT2D eigenvalue weighted by Crippen LogP contribution is 2.13. The Bertz CT molecular complexity index is 475. The first-order valence-electron chi connectivity index (χ1n) is 3.54. The van der Waals surface area contributed by atoms with E-state index in [9.17, 15) is 4.39 Å². The largest absolute Gasteiger partial charge is 0.251 e. The first-order chi connectivity index (χ1) is 6.16. The van der Waals surface area contributed by atoms with Crippen molar-refractivity contribution in [2.45, 2.75) is 0 Å². The van der Waals surface area contributed by atoms with Crippen molar-refractivity contribution in [2.75, 3.05) is 0 Å². The van der Waals surface area contributed by atoms with Crippen molar-refractivity contribution >= 4 is 35.9 Å². The van der Waals surface area contributed by atoms with Crippen LogP contribution in [-0.4, -0.2) is 17.8 Å². The van der Waals surface area contributed by atoms with E-state index in [0.29, 0.717) is 11.0 Å². The molecule has 0 aliphatic rings. The molecular formula is C8H3BClFN2. The highest BCUT2D eigenvalue weighted by Gasteiger charge is 2.04. The van der Waals surface area contributed by atoms with E-state index >= 15 is 0 Å². The van der Waals surface area contributed by atoms with E-state index < -0.39 is 5.82 Å². The number of benzene rings is 1. The van der Waals surface area contributed by atoms with Crippen molar-refractivity contribution in [1.82, 2.24) is 9.97 Å². The lowest BCUT2D eigenvalue weighted by Crippen LogP contribution is -2.04. The van der Waals surface area contributed by atoms with Gasteiger partial charge in [0.1, 0.15) is 18.5 Å². The van der Waals surface area contributed by atoms with Gasteiger partial charge < -0.3 is 0 Å². The molecule has 1 heterocycles. The van der Waals surface area contributed by atoms with E-state index in [1.54, 1.807) is 6.07 Å². The normalized spacial score (nSPS) is 10.6. The Balaban J connectivity index is 2.87. The zero-order valence-corrected chi connectivity index (χ0v) is 7.22. The fraction of sp³-hybridized carbons (Fsp3) is 0. The molecule has 2 aromatic rings. The number of halogens is 2. The molecule has 62 valence electrons. The maximum absolute atomic E-state index is 13.2. The van der Waals surface area contributed by atoms with Gasteiger partial charge in [-0.15, -0.1) is 0 Å². The maximum atomic E-state index is 13.2. The summed E-state index contributed by atoms with van der Waals surface area (Å²) in [4.78, 5) is 7.68. The summed E-state index contributed by atoms with van der Waals surface area (Å²) < 4.78 is 13.2. The van der Waals surface area contributed by atoms with Crippen LogP contribution in [0.1, 0.15) is 0 Å². The number of hydrogen-bond donors (Lipinski definition) is 0. The number of nitrogens with zero attached hydrogens (tertiary/aromatic N) is 2. The molecule has 2 rings (SSSR count). The molecule has 1 aromatic heterocycles. The summed E-state index contributed by atoms with van der Waals surface area (Å²) in [6, 6.07) is 2.73. The molecule has 0 fully saturated rings. The standard InChI is InChI=1S/C8H3BClFN2/c9-4-1-5(11)8-6(2-4)12-3-7(10)13-8/h1-3H. The number of aromatic nitrogens is 2. The molecule has 0 unspecified atom stereocenters. The summed E-state index contributed by atoms with van der Waals surface area (Å²) in [6.45, 7) is 0. The van der Waals surface area contributed by atoms with Crippen molar-refractivity contribution < 1.29 is 4.39 Å². The molecule has 5 heteroatoms. The van der Waals surface area contributed by atoms with Crippen molar-refractivity contribution in [3.05, 3.63) is 29.3 Å².